The first-order chi connectivity index (χ1) is 13.1. The molecule has 1 unspecified atom stereocenters. The van der Waals surface area contributed by atoms with Crippen LogP contribution in [0.3, 0.4) is 0 Å². The highest BCUT2D eigenvalue weighted by molar-refractivity contribution is 7.98. The van der Waals surface area contributed by atoms with E-state index in [4.69, 9.17) is 4.74 Å². The summed E-state index contributed by atoms with van der Waals surface area (Å²) in [7, 11) is 1.65. The van der Waals surface area contributed by atoms with Crippen LogP contribution in [-0.4, -0.2) is 13.0 Å². The van der Waals surface area contributed by atoms with Crippen molar-refractivity contribution in [1.29, 1.82) is 0 Å². The molecule has 3 rings (SSSR count). The zero-order chi connectivity index (χ0) is 19.2. The monoisotopic (exact) mass is 397 g/mol. The van der Waals surface area contributed by atoms with Crippen molar-refractivity contribution in [1.82, 2.24) is 5.32 Å². The number of nitrogens with one attached hydrogen (secondary N) is 1. The van der Waals surface area contributed by atoms with Crippen molar-refractivity contribution in [2.24, 2.45) is 0 Å². The Morgan fingerprint density at radius 3 is 2.74 bits per heavy atom. The van der Waals surface area contributed by atoms with E-state index < -0.39 is 0 Å². The zero-order valence-electron chi connectivity index (χ0n) is 15.7. The fraction of sp³-hybridized carbons (Fsp3) is 0.227. The molecule has 0 fully saturated rings. The molecule has 1 aromatic heterocycles. The summed E-state index contributed by atoms with van der Waals surface area (Å²) >= 11 is 3.43. The SMILES string of the molecule is COc1ccc(C)cc1C(C)NC(=O)c1ccccc1SCc1cccs1. The Bertz CT molecular complexity index is 906. The first-order valence-corrected chi connectivity index (χ1v) is 10.6. The molecule has 0 radical (unpaired) electrons. The second kappa shape index (κ2) is 9.11. The van der Waals surface area contributed by atoms with Crippen molar-refractivity contribution in [3.63, 3.8) is 0 Å². The van der Waals surface area contributed by atoms with Gasteiger partial charge in [-0.2, -0.15) is 0 Å². The van der Waals surface area contributed by atoms with Gasteiger partial charge >= 0.3 is 0 Å². The van der Waals surface area contributed by atoms with E-state index >= 15 is 0 Å². The highest BCUT2D eigenvalue weighted by Gasteiger charge is 2.17. The third kappa shape index (κ3) is 4.93. The van der Waals surface area contributed by atoms with Crippen LogP contribution < -0.4 is 10.1 Å². The number of benzene rings is 2. The van der Waals surface area contributed by atoms with Crippen molar-refractivity contribution < 1.29 is 9.53 Å². The van der Waals surface area contributed by atoms with Crippen LogP contribution in [0.4, 0.5) is 0 Å². The second-order valence-corrected chi connectivity index (χ2v) is 8.35. The van der Waals surface area contributed by atoms with Crippen LogP contribution in [-0.2, 0) is 5.75 Å². The van der Waals surface area contributed by atoms with Gasteiger partial charge < -0.3 is 10.1 Å². The van der Waals surface area contributed by atoms with Gasteiger partial charge in [0.1, 0.15) is 5.75 Å². The fourth-order valence-corrected chi connectivity index (χ4v) is 4.69. The molecular weight excluding hydrogens is 374 g/mol. The molecule has 0 aliphatic rings. The van der Waals surface area contributed by atoms with Gasteiger partial charge in [0, 0.05) is 21.1 Å². The van der Waals surface area contributed by atoms with Gasteiger partial charge in [-0.25, -0.2) is 0 Å². The summed E-state index contributed by atoms with van der Waals surface area (Å²) in [5, 5.41) is 5.19. The van der Waals surface area contributed by atoms with E-state index in [0.717, 1.165) is 27.5 Å². The van der Waals surface area contributed by atoms with E-state index in [1.807, 2.05) is 50.2 Å². The number of carbonyl (C=O) groups is 1. The molecule has 5 heteroatoms. The number of hydrogen-bond acceptors (Lipinski definition) is 4. The van der Waals surface area contributed by atoms with Crippen LogP contribution in [0, 0.1) is 6.92 Å². The Kier molecular flexibility index (Phi) is 6.58. The van der Waals surface area contributed by atoms with E-state index in [9.17, 15) is 4.79 Å². The van der Waals surface area contributed by atoms with E-state index in [1.54, 1.807) is 30.2 Å². The summed E-state index contributed by atoms with van der Waals surface area (Å²) < 4.78 is 5.46. The summed E-state index contributed by atoms with van der Waals surface area (Å²) in [4.78, 5) is 15.2. The summed E-state index contributed by atoms with van der Waals surface area (Å²) in [6.45, 7) is 4.02. The molecule has 0 aliphatic heterocycles. The Morgan fingerprint density at radius 1 is 1.19 bits per heavy atom. The molecule has 140 valence electrons. The van der Waals surface area contributed by atoms with Crippen molar-refractivity contribution in [3.8, 4) is 5.75 Å². The topological polar surface area (TPSA) is 38.3 Å². The first-order valence-electron chi connectivity index (χ1n) is 8.78. The maximum absolute atomic E-state index is 12.9. The number of ether oxygens (including phenoxy) is 1. The van der Waals surface area contributed by atoms with Gasteiger partial charge in [0.25, 0.3) is 5.91 Å². The molecule has 27 heavy (non-hydrogen) atoms. The predicted octanol–water partition coefficient (Wildman–Crippen LogP) is 5.85. The third-order valence-electron chi connectivity index (χ3n) is 4.28. The molecular formula is C22H23NO2S2. The smallest absolute Gasteiger partial charge is 0.252 e. The number of carbonyl (C=O) groups excluding carboxylic acids is 1. The number of aryl methyl sites for hydroxylation is 1. The Balaban J connectivity index is 1.75. The lowest BCUT2D eigenvalue weighted by Crippen LogP contribution is -2.27. The van der Waals surface area contributed by atoms with Gasteiger partial charge in [-0.3, -0.25) is 4.79 Å². The predicted molar refractivity (Wildman–Crippen MR) is 114 cm³/mol. The summed E-state index contributed by atoms with van der Waals surface area (Å²) in [5.41, 5.74) is 2.82. The zero-order valence-corrected chi connectivity index (χ0v) is 17.3. The van der Waals surface area contributed by atoms with Crippen LogP contribution in [0.15, 0.2) is 64.9 Å². The van der Waals surface area contributed by atoms with Gasteiger partial charge in [0.2, 0.25) is 0 Å². The quantitative estimate of drug-likeness (QED) is 0.508. The number of thiophene rings is 1. The highest BCUT2D eigenvalue weighted by atomic mass is 32.2. The van der Waals surface area contributed by atoms with E-state index in [-0.39, 0.29) is 11.9 Å². The lowest BCUT2D eigenvalue weighted by molar-refractivity contribution is 0.0936. The van der Waals surface area contributed by atoms with Crippen LogP contribution in [0.5, 0.6) is 5.75 Å². The molecule has 3 aromatic rings. The number of hydrogen-bond donors (Lipinski definition) is 1. The number of methoxy groups -OCH3 is 1. The van der Waals surface area contributed by atoms with Crippen molar-refractivity contribution >= 4 is 29.0 Å². The molecule has 1 N–H and O–H groups in total. The number of thioether (sulfide) groups is 1. The maximum Gasteiger partial charge on any atom is 0.252 e. The molecule has 0 spiro atoms. The van der Waals surface area contributed by atoms with Crippen LogP contribution in [0.1, 0.15) is 39.3 Å². The third-order valence-corrected chi connectivity index (χ3v) is 6.46. The molecule has 1 amide bonds. The molecule has 3 nitrogen and oxygen atoms in total. The number of rotatable bonds is 7. The lowest BCUT2D eigenvalue weighted by Gasteiger charge is -2.19. The van der Waals surface area contributed by atoms with Crippen molar-refractivity contribution in [3.05, 3.63) is 81.5 Å². The molecule has 0 saturated heterocycles. The molecule has 0 bridgehead atoms. The minimum atomic E-state index is -0.150. The lowest BCUT2D eigenvalue weighted by atomic mass is 10.0. The molecule has 0 aliphatic carbocycles. The van der Waals surface area contributed by atoms with Crippen molar-refractivity contribution in [2.75, 3.05) is 7.11 Å². The summed E-state index contributed by atoms with van der Waals surface area (Å²) in [6, 6.07) is 17.8. The summed E-state index contributed by atoms with van der Waals surface area (Å²) in [5.74, 6) is 1.58. The van der Waals surface area contributed by atoms with Gasteiger partial charge in [-0.1, -0.05) is 35.9 Å². The number of amides is 1. The van der Waals surface area contributed by atoms with Crippen molar-refractivity contribution in [2.45, 2.75) is 30.5 Å². The minimum absolute atomic E-state index is 0.0691. The normalized spacial score (nSPS) is 11.8. The maximum atomic E-state index is 12.9. The molecule has 1 heterocycles. The average Bonchev–Trinajstić information content (AvgIpc) is 3.20. The van der Waals surface area contributed by atoms with Crippen LogP contribution in [0.25, 0.3) is 0 Å². The van der Waals surface area contributed by atoms with Gasteiger partial charge in [-0.05, 0) is 43.5 Å². The van der Waals surface area contributed by atoms with E-state index in [1.165, 1.54) is 4.88 Å². The Labute approximate surface area is 168 Å². The Hall–Kier alpha value is -2.24. The average molecular weight is 398 g/mol. The largest absolute Gasteiger partial charge is 0.496 e. The standard InChI is InChI=1S/C22H23NO2S2/c1-15-10-11-20(25-3)19(13-15)16(2)23-22(24)18-8-4-5-9-21(18)27-14-17-7-6-12-26-17/h4-13,16H,14H2,1-3H3,(H,23,24). The fourth-order valence-electron chi connectivity index (χ4n) is 2.87. The van der Waals surface area contributed by atoms with E-state index in [2.05, 4.69) is 28.9 Å². The summed E-state index contributed by atoms with van der Waals surface area (Å²) in [6.07, 6.45) is 0. The molecule has 0 saturated carbocycles. The minimum Gasteiger partial charge on any atom is -0.496 e. The Morgan fingerprint density at radius 2 is 2.00 bits per heavy atom. The van der Waals surface area contributed by atoms with Crippen LogP contribution >= 0.6 is 23.1 Å². The molecule has 2 aromatic carbocycles. The second-order valence-electron chi connectivity index (χ2n) is 6.30. The van der Waals surface area contributed by atoms with Gasteiger partial charge in [0.05, 0.1) is 18.7 Å². The van der Waals surface area contributed by atoms with Gasteiger partial charge in [-0.15, -0.1) is 23.1 Å². The van der Waals surface area contributed by atoms with Crippen LogP contribution in [0.2, 0.25) is 0 Å². The van der Waals surface area contributed by atoms with Gasteiger partial charge in [0.15, 0.2) is 0 Å². The first kappa shape index (κ1) is 19.5. The highest BCUT2D eigenvalue weighted by Crippen LogP contribution is 2.30. The van der Waals surface area contributed by atoms with E-state index in [0.29, 0.717) is 5.56 Å². The molecule has 1 atom stereocenters.